The first kappa shape index (κ1) is 9.96. The number of unbranched alkanes of at least 4 members (excludes halogenated alkanes) is 1. The molecule has 0 unspecified atom stereocenters. The molecule has 80 valence electrons. The largest absolute Gasteiger partial charge is 0.278 e. The Labute approximate surface area is 87.9 Å². The lowest BCUT2D eigenvalue weighted by atomic mass is 10.3. The third-order valence-corrected chi connectivity index (χ3v) is 2.49. The second-order valence-electron chi connectivity index (χ2n) is 3.77. The summed E-state index contributed by atoms with van der Waals surface area (Å²) >= 11 is 0. The minimum atomic E-state index is 0.0333. The Morgan fingerprint density at radius 1 is 1.47 bits per heavy atom. The quantitative estimate of drug-likeness (QED) is 0.831. The van der Waals surface area contributed by atoms with Crippen molar-refractivity contribution in [3.63, 3.8) is 0 Å². The third kappa shape index (κ3) is 1.79. The van der Waals surface area contributed by atoms with E-state index in [9.17, 15) is 4.79 Å². The molecule has 4 heteroatoms. The smallest absolute Gasteiger partial charge is 0.276 e. The minimum Gasteiger partial charge on any atom is -0.278 e. The molecule has 0 aliphatic heterocycles. The van der Waals surface area contributed by atoms with Crippen LogP contribution in [0.1, 0.15) is 25.5 Å². The van der Waals surface area contributed by atoms with Gasteiger partial charge in [-0.2, -0.15) is 0 Å². The Balaban J connectivity index is 2.49. The molecule has 0 atom stereocenters. The molecule has 0 aliphatic carbocycles. The van der Waals surface area contributed by atoms with Crippen LogP contribution in [0.15, 0.2) is 16.9 Å². The van der Waals surface area contributed by atoms with E-state index in [1.54, 1.807) is 4.68 Å². The monoisotopic (exact) mass is 205 g/mol. The van der Waals surface area contributed by atoms with Crippen LogP contribution < -0.4 is 5.56 Å². The summed E-state index contributed by atoms with van der Waals surface area (Å²) in [5, 5.41) is 3.71. The van der Waals surface area contributed by atoms with E-state index in [4.69, 9.17) is 0 Å². The van der Waals surface area contributed by atoms with Crippen molar-refractivity contribution in [1.29, 1.82) is 0 Å². The highest BCUT2D eigenvalue weighted by Gasteiger charge is 2.06. The standard InChI is InChI=1S/C11H15N3O/c1-3-4-7-14-11(15)9-6-5-8(2)12-10(9)13-14/h5-6H,3-4,7H2,1-2H3,(H,12,13). The van der Waals surface area contributed by atoms with Crippen LogP contribution in [-0.4, -0.2) is 14.8 Å². The van der Waals surface area contributed by atoms with Crippen LogP contribution in [0.2, 0.25) is 0 Å². The first-order valence-corrected chi connectivity index (χ1v) is 5.28. The number of aromatic nitrogens is 3. The Kier molecular flexibility index (Phi) is 2.58. The van der Waals surface area contributed by atoms with Gasteiger partial charge >= 0.3 is 0 Å². The van der Waals surface area contributed by atoms with Gasteiger partial charge in [0.05, 0.1) is 5.39 Å². The van der Waals surface area contributed by atoms with Crippen LogP contribution in [0.3, 0.4) is 0 Å². The predicted molar refractivity (Wildman–Crippen MR) is 60.0 cm³/mol. The molecule has 0 saturated heterocycles. The summed E-state index contributed by atoms with van der Waals surface area (Å²) < 4.78 is 1.64. The molecule has 0 aliphatic rings. The maximum absolute atomic E-state index is 11.8. The van der Waals surface area contributed by atoms with Gasteiger partial charge in [-0.15, -0.1) is 0 Å². The Hall–Kier alpha value is -1.58. The highest BCUT2D eigenvalue weighted by Crippen LogP contribution is 2.05. The summed E-state index contributed by atoms with van der Waals surface area (Å²) in [7, 11) is 0. The number of nitrogens with zero attached hydrogens (tertiary/aromatic N) is 2. The zero-order valence-corrected chi connectivity index (χ0v) is 9.08. The van der Waals surface area contributed by atoms with Crippen molar-refractivity contribution in [2.75, 3.05) is 0 Å². The van der Waals surface area contributed by atoms with E-state index >= 15 is 0 Å². The summed E-state index contributed by atoms with van der Waals surface area (Å²) in [5.41, 5.74) is 1.65. The van der Waals surface area contributed by atoms with Crippen LogP contribution in [0.5, 0.6) is 0 Å². The van der Waals surface area contributed by atoms with E-state index in [0.29, 0.717) is 11.0 Å². The fourth-order valence-electron chi connectivity index (χ4n) is 1.61. The molecule has 0 aromatic carbocycles. The minimum absolute atomic E-state index is 0.0333. The number of rotatable bonds is 3. The molecule has 2 rings (SSSR count). The molecule has 0 radical (unpaired) electrons. The Morgan fingerprint density at radius 3 is 3.00 bits per heavy atom. The lowest BCUT2D eigenvalue weighted by Gasteiger charge is -1.97. The zero-order chi connectivity index (χ0) is 10.8. The Bertz CT molecular complexity index is 524. The molecule has 0 saturated carbocycles. The van der Waals surface area contributed by atoms with E-state index in [1.807, 2.05) is 19.1 Å². The average molecular weight is 205 g/mol. The van der Waals surface area contributed by atoms with Crippen LogP contribution in [0, 0.1) is 6.92 Å². The average Bonchev–Trinajstić information content (AvgIpc) is 2.52. The van der Waals surface area contributed by atoms with Crippen LogP contribution in [0.4, 0.5) is 0 Å². The molecule has 2 heterocycles. The fraction of sp³-hybridized carbons (Fsp3) is 0.455. The number of pyridine rings is 1. The fourth-order valence-corrected chi connectivity index (χ4v) is 1.61. The number of hydrogen-bond acceptors (Lipinski definition) is 2. The Morgan fingerprint density at radius 2 is 2.27 bits per heavy atom. The maximum Gasteiger partial charge on any atom is 0.276 e. The lowest BCUT2D eigenvalue weighted by molar-refractivity contribution is 0.561. The van der Waals surface area contributed by atoms with Gasteiger partial charge in [0.25, 0.3) is 5.56 Å². The summed E-state index contributed by atoms with van der Waals surface area (Å²) in [6.45, 7) is 4.77. The van der Waals surface area contributed by atoms with Gasteiger partial charge in [0.1, 0.15) is 0 Å². The van der Waals surface area contributed by atoms with E-state index < -0.39 is 0 Å². The van der Waals surface area contributed by atoms with Gasteiger partial charge in [-0.1, -0.05) is 13.3 Å². The molecular formula is C11H15N3O. The van der Waals surface area contributed by atoms with Crippen molar-refractivity contribution in [3.8, 4) is 0 Å². The molecule has 0 amide bonds. The molecular weight excluding hydrogens is 190 g/mol. The molecule has 0 bridgehead atoms. The maximum atomic E-state index is 11.8. The van der Waals surface area contributed by atoms with Gasteiger partial charge in [-0.05, 0) is 25.5 Å². The van der Waals surface area contributed by atoms with Crippen molar-refractivity contribution in [2.45, 2.75) is 33.2 Å². The highest BCUT2D eigenvalue weighted by molar-refractivity contribution is 5.73. The number of H-pyrrole nitrogens is 1. The third-order valence-electron chi connectivity index (χ3n) is 2.49. The van der Waals surface area contributed by atoms with Gasteiger partial charge in [0.2, 0.25) is 0 Å². The first-order chi connectivity index (χ1) is 7.22. The van der Waals surface area contributed by atoms with E-state index in [-0.39, 0.29) is 5.56 Å². The molecule has 15 heavy (non-hydrogen) atoms. The number of aryl methyl sites for hydroxylation is 2. The van der Waals surface area contributed by atoms with Gasteiger partial charge in [-0.25, -0.2) is 4.98 Å². The van der Waals surface area contributed by atoms with Gasteiger partial charge < -0.3 is 0 Å². The molecule has 2 aromatic heterocycles. The van der Waals surface area contributed by atoms with Gasteiger partial charge in [0.15, 0.2) is 5.65 Å². The van der Waals surface area contributed by atoms with Crippen LogP contribution in [0.25, 0.3) is 11.0 Å². The number of fused-ring (bicyclic) bond motifs is 1. The van der Waals surface area contributed by atoms with E-state index in [0.717, 1.165) is 25.1 Å². The SMILES string of the molecule is CCCCn1[nH]c2nc(C)ccc2c1=O. The van der Waals surface area contributed by atoms with Crippen LogP contribution >= 0.6 is 0 Å². The predicted octanol–water partition coefficient (Wildman–Crippen LogP) is 1.83. The first-order valence-electron chi connectivity index (χ1n) is 5.28. The second-order valence-corrected chi connectivity index (χ2v) is 3.77. The molecule has 2 aromatic rings. The summed E-state index contributed by atoms with van der Waals surface area (Å²) in [6, 6.07) is 3.70. The van der Waals surface area contributed by atoms with Gasteiger partial charge in [-0.3, -0.25) is 14.6 Å². The number of aromatic amines is 1. The second kappa shape index (κ2) is 3.88. The van der Waals surface area contributed by atoms with Crippen molar-refractivity contribution in [2.24, 2.45) is 0 Å². The summed E-state index contributed by atoms with van der Waals surface area (Å²) in [6.07, 6.45) is 2.08. The van der Waals surface area contributed by atoms with Crippen molar-refractivity contribution < 1.29 is 0 Å². The topological polar surface area (TPSA) is 50.7 Å². The van der Waals surface area contributed by atoms with Crippen LogP contribution in [-0.2, 0) is 6.54 Å². The highest BCUT2D eigenvalue weighted by atomic mass is 16.1. The van der Waals surface area contributed by atoms with E-state index in [1.165, 1.54) is 0 Å². The number of hydrogen-bond donors (Lipinski definition) is 1. The molecule has 4 nitrogen and oxygen atoms in total. The lowest BCUT2D eigenvalue weighted by Crippen LogP contribution is -2.16. The normalized spacial score (nSPS) is 11.1. The molecule has 0 spiro atoms. The van der Waals surface area contributed by atoms with E-state index in [2.05, 4.69) is 17.0 Å². The van der Waals surface area contributed by atoms with Crippen molar-refractivity contribution in [3.05, 3.63) is 28.2 Å². The zero-order valence-electron chi connectivity index (χ0n) is 9.08. The summed E-state index contributed by atoms with van der Waals surface area (Å²) in [4.78, 5) is 16.1. The number of nitrogens with one attached hydrogen (secondary N) is 1. The van der Waals surface area contributed by atoms with Crippen molar-refractivity contribution >= 4 is 11.0 Å². The molecule has 1 N–H and O–H groups in total. The van der Waals surface area contributed by atoms with Gasteiger partial charge in [0, 0.05) is 12.2 Å². The summed E-state index contributed by atoms with van der Waals surface area (Å²) in [5.74, 6) is 0. The van der Waals surface area contributed by atoms with Crippen molar-refractivity contribution in [1.82, 2.24) is 14.8 Å². The molecule has 0 fully saturated rings.